The van der Waals surface area contributed by atoms with Crippen LogP contribution in [0.3, 0.4) is 0 Å². The monoisotopic (exact) mass is 410 g/mol. The Hall–Kier alpha value is -2.09. The van der Waals surface area contributed by atoms with Crippen LogP contribution >= 0.6 is 11.6 Å². The van der Waals surface area contributed by atoms with E-state index >= 15 is 0 Å². The summed E-state index contributed by atoms with van der Waals surface area (Å²) in [5.74, 6) is 0.131. The standard InChI is InChI=1S/C19H23ClN2O4S/c1-14(2)11-22-27(24,25)16-8-9-18(17(20)10-16)26-13-19(23)21-12-15-6-4-3-5-7-15/h3-10,14,22H,11-13H2,1-2H3,(H,21,23). The fourth-order valence-electron chi connectivity index (χ4n) is 2.12. The summed E-state index contributed by atoms with van der Waals surface area (Å²) in [6, 6.07) is 13.6. The molecule has 0 atom stereocenters. The number of ether oxygens (including phenoxy) is 1. The fraction of sp³-hybridized carbons (Fsp3) is 0.316. The lowest BCUT2D eigenvalue weighted by Gasteiger charge is -2.12. The number of rotatable bonds is 9. The Balaban J connectivity index is 1.91. The zero-order valence-electron chi connectivity index (χ0n) is 15.2. The van der Waals surface area contributed by atoms with Gasteiger partial charge in [-0.15, -0.1) is 0 Å². The maximum Gasteiger partial charge on any atom is 0.258 e. The zero-order valence-corrected chi connectivity index (χ0v) is 16.8. The van der Waals surface area contributed by atoms with Crippen molar-refractivity contribution in [3.8, 4) is 5.75 Å². The topological polar surface area (TPSA) is 84.5 Å². The Morgan fingerprint density at radius 2 is 1.85 bits per heavy atom. The third-order valence-corrected chi connectivity index (χ3v) is 5.30. The van der Waals surface area contributed by atoms with Gasteiger partial charge in [-0.3, -0.25) is 4.79 Å². The molecule has 1 amide bonds. The van der Waals surface area contributed by atoms with Crippen LogP contribution < -0.4 is 14.8 Å². The van der Waals surface area contributed by atoms with Crippen LogP contribution in [-0.2, 0) is 21.4 Å². The van der Waals surface area contributed by atoms with Gasteiger partial charge in [-0.05, 0) is 29.7 Å². The van der Waals surface area contributed by atoms with Gasteiger partial charge in [-0.25, -0.2) is 13.1 Å². The van der Waals surface area contributed by atoms with E-state index in [2.05, 4.69) is 10.0 Å². The van der Waals surface area contributed by atoms with Crippen LogP contribution in [0.2, 0.25) is 5.02 Å². The van der Waals surface area contributed by atoms with E-state index in [-0.39, 0.29) is 34.1 Å². The zero-order chi connectivity index (χ0) is 19.9. The molecule has 2 aromatic rings. The SMILES string of the molecule is CC(C)CNS(=O)(=O)c1ccc(OCC(=O)NCc2ccccc2)c(Cl)c1. The molecule has 0 bridgehead atoms. The van der Waals surface area contributed by atoms with Crippen LogP contribution in [0, 0.1) is 5.92 Å². The molecule has 8 heteroatoms. The van der Waals surface area contributed by atoms with E-state index in [1.165, 1.54) is 18.2 Å². The van der Waals surface area contributed by atoms with Crippen LogP contribution in [0.25, 0.3) is 0 Å². The molecular weight excluding hydrogens is 388 g/mol. The third-order valence-electron chi connectivity index (χ3n) is 3.59. The van der Waals surface area contributed by atoms with Crippen LogP contribution in [0.15, 0.2) is 53.4 Å². The average molecular weight is 411 g/mol. The smallest absolute Gasteiger partial charge is 0.258 e. The fourth-order valence-corrected chi connectivity index (χ4v) is 3.66. The highest BCUT2D eigenvalue weighted by atomic mass is 35.5. The van der Waals surface area contributed by atoms with Crippen molar-refractivity contribution in [3.05, 3.63) is 59.1 Å². The van der Waals surface area contributed by atoms with Crippen molar-refractivity contribution in [1.29, 1.82) is 0 Å². The third kappa shape index (κ3) is 6.86. The van der Waals surface area contributed by atoms with Gasteiger partial charge in [0.25, 0.3) is 5.91 Å². The molecule has 0 aliphatic heterocycles. The Morgan fingerprint density at radius 3 is 2.48 bits per heavy atom. The average Bonchev–Trinajstić information content (AvgIpc) is 2.64. The van der Waals surface area contributed by atoms with Crippen LogP contribution in [0.1, 0.15) is 19.4 Å². The van der Waals surface area contributed by atoms with Crippen LogP contribution in [0.5, 0.6) is 5.75 Å². The summed E-state index contributed by atoms with van der Waals surface area (Å²) in [7, 11) is -3.63. The summed E-state index contributed by atoms with van der Waals surface area (Å²) in [6.07, 6.45) is 0. The quantitative estimate of drug-likeness (QED) is 0.665. The lowest BCUT2D eigenvalue weighted by atomic mass is 10.2. The molecule has 0 fully saturated rings. The number of carbonyl (C=O) groups excluding carboxylic acids is 1. The Bertz CT molecular complexity index is 871. The molecule has 0 aromatic heterocycles. The second-order valence-corrected chi connectivity index (χ2v) is 8.56. The van der Waals surface area contributed by atoms with E-state index in [9.17, 15) is 13.2 Å². The Morgan fingerprint density at radius 1 is 1.15 bits per heavy atom. The molecule has 0 unspecified atom stereocenters. The summed E-state index contributed by atoms with van der Waals surface area (Å²) >= 11 is 6.11. The van der Waals surface area contributed by atoms with Gasteiger partial charge in [0, 0.05) is 13.1 Å². The van der Waals surface area contributed by atoms with E-state index in [4.69, 9.17) is 16.3 Å². The molecule has 0 radical (unpaired) electrons. The molecule has 2 rings (SSSR count). The Labute approximate surface area is 164 Å². The summed E-state index contributed by atoms with van der Waals surface area (Å²) < 4.78 is 32.3. The predicted octanol–water partition coefficient (Wildman–Crippen LogP) is 2.97. The van der Waals surface area contributed by atoms with E-state index in [0.717, 1.165) is 5.56 Å². The highest BCUT2D eigenvalue weighted by molar-refractivity contribution is 7.89. The lowest BCUT2D eigenvalue weighted by Crippen LogP contribution is -2.28. The van der Waals surface area contributed by atoms with E-state index < -0.39 is 10.0 Å². The summed E-state index contributed by atoms with van der Waals surface area (Å²) in [6.45, 7) is 4.34. The number of carbonyl (C=O) groups is 1. The number of hydrogen-bond donors (Lipinski definition) is 2. The van der Waals surface area contributed by atoms with Crippen LogP contribution in [-0.4, -0.2) is 27.5 Å². The van der Waals surface area contributed by atoms with Crippen molar-refractivity contribution in [3.63, 3.8) is 0 Å². The van der Waals surface area contributed by atoms with Crippen molar-refractivity contribution < 1.29 is 17.9 Å². The first-order valence-electron chi connectivity index (χ1n) is 8.50. The van der Waals surface area contributed by atoms with Gasteiger partial charge in [0.05, 0.1) is 9.92 Å². The molecule has 0 aliphatic rings. The van der Waals surface area contributed by atoms with E-state index in [1.807, 2.05) is 44.2 Å². The number of hydrogen-bond acceptors (Lipinski definition) is 4. The number of benzene rings is 2. The second-order valence-electron chi connectivity index (χ2n) is 6.39. The van der Waals surface area contributed by atoms with Gasteiger partial charge in [0.1, 0.15) is 5.75 Å². The number of sulfonamides is 1. The molecule has 6 nitrogen and oxygen atoms in total. The second kappa shape index (κ2) is 9.73. The predicted molar refractivity (Wildman–Crippen MR) is 105 cm³/mol. The first-order chi connectivity index (χ1) is 12.8. The molecule has 0 saturated heterocycles. The maximum absolute atomic E-state index is 12.2. The molecule has 2 N–H and O–H groups in total. The first kappa shape index (κ1) is 21.2. The van der Waals surface area contributed by atoms with Crippen molar-refractivity contribution >= 4 is 27.5 Å². The molecule has 2 aromatic carbocycles. The summed E-state index contributed by atoms with van der Waals surface area (Å²) in [5.41, 5.74) is 0.979. The largest absolute Gasteiger partial charge is 0.482 e. The van der Waals surface area contributed by atoms with E-state index in [0.29, 0.717) is 13.1 Å². The summed E-state index contributed by atoms with van der Waals surface area (Å²) in [5, 5.41) is 2.86. The van der Waals surface area contributed by atoms with Gasteiger partial charge < -0.3 is 10.1 Å². The number of amides is 1. The molecule has 146 valence electrons. The molecule has 0 heterocycles. The maximum atomic E-state index is 12.2. The minimum absolute atomic E-state index is 0.0500. The Kier molecular flexibility index (Phi) is 7.65. The van der Waals surface area contributed by atoms with Gasteiger partial charge in [0.15, 0.2) is 6.61 Å². The number of halogens is 1. The lowest BCUT2D eigenvalue weighted by molar-refractivity contribution is -0.123. The van der Waals surface area contributed by atoms with E-state index in [1.54, 1.807) is 0 Å². The van der Waals surface area contributed by atoms with Gasteiger partial charge in [-0.2, -0.15) is 0 Å². The normalized spacial score (nSPS) is 11.4. The van der Waals surface area contributed by atoms with Crippen molar-refractivity contribution in [2.24, 2.45) is 5.92 Å². The van der Waals surface area contributed by atoms with Gasteiger partial charge in [0.2, 0.25) is 10.0 Å². The minimum atomic E-state index is -3.63. The molecule has 0 saturated carbocycles. The molecule has 0 spiro atoms. The van der Waals surface area contributed by atoms with Crippen molar-refractivity contribution in [1.82, 2.24) is 10.0 Å². The first-order valence-corrected chi connectivity index (χ1v) is 10.4. The van der Waals surface area contributed by atoms with Gasteiger partial charge in [-0.1, -0.05) is 55.8 Å². The van der Waals surface area contributed by atoms with Gasteiger partial charge >= 0.3 is 0 Å². The van der Waals surface area contributed by atoms with Crippen LogP contribution in [0.4, 0.5) is 0 Å². The highest BCUT2D eigenvalue weighted by Crippen LogP contribution is 2.27. The van der Waals surface area contributed by atoms with Crippen molar-refractivity contribution in [2.45, 2.75) is 25.3 Å². The molecular formula is C19H23ClN2O4S. The molecule has 27 heavy (non-hydrogen) atoms. The molecule has 0 aliphatic carbocycles. The van der Waals surface area contributed by atoms with Crippen molar-refractivity contribution in [2.75, 3.05) is 13.2 Å². The summed E-state index contributed by atoms with van der Waals surface area (Å²) in [4.78, 5) is 11.9. The number of nitrogens with one attached hydrogen (secondary N) is 2. The minimum Gasteiger partial charge on any atom is -0.482 e. The highest BCUT2D eigenvalue weighted by Gasteiger charge is 2.16.